The van der Waals surface area contributed by atoms with Gasteiger partial charge in [0, 0.05) is 35.8 Å². The maximum Gasteiger partial charge on any atom is 0.573 e. The largest absolute Gasteiger partial charge is 0.573 e. The number of rotatable bonds is 7. The highest BCUT2D eigenvalue weighted by Crippen LogP contribution is 2.27. The summed E-state index contributed by atoms with van der Waals surface area (Å²) in [4.78, 5) is 23.2. The average Bonchev–Trinajstić information content (AvgIpc) is 2.66. The quantitative estimate of drug-likeness (QED) is 0.546. The summed E-state index contributed by atoms with van der Waals surface area (Å²) in [5, 5.41) is 14.3. The summed E-state index contributed by atoms with van der Waals surface area (Å²) in [6.45, 7) is -0.412. The number of alkyl halides is 3. The summed E-state index contributed by atoms with van der Waals surface area (Å²) < 4.78 is 41.2. The zero-order valence-electron chi connectivity index (χ0n) is 14.6. The summed E-state index contributed by atoms with van der Waals surface area (Å²) in [6, 6.07) is 10.2. The van der Waals surface area contributed by atoms with E-state index in [0.717, 1.165) is 6.07 Å². The molecular formula is C18H14F3N5O3. The van der Waals surface area contributed by atoms with Gasteiger partial charge in [0.15, 0.2) is 0 Å². The van der Waals surface area contributed by atoms with Crippen molar-refractivity contribution in [3.05, 3.63) is 54.9 Å². The van der Waals surface area contributed by atoms with Crippen LogP contribution in [-0.4, -0.2) is 38.9 Å². The van der Waals surface area contributed by atoms with E-state index >= 15 is 0 Å². The summed E-state index contributed by atoms with van der Waals surface area (Å²) in [6.07, 6.45) is -1.67. The Bertz CT molecular complexity index is 1000. The van der Waals surface area contributed by atoms with Gasteiger partial charge in [0.2, 0.25) is 5.95 Å². The first-order chi connectivity index (χ1) is 13.8. The van der Waals surface area contributed by atoms with Crippen molar-refractivity contribution in [1.29, 1.82) is 0 Å². The number of nitrogens with one attached hydrogen (secondary N) is 2. The number of benzene rings is 1. The van der Waals surface area contributed by atoms with Crippen LogP contribution < -0.4 is 15.4 Å². The Morgan fingerprint density at radius 3 is 2.66 bits per heavy atom. The van der Waals surface area contributed by atoms with E-state index in [-0.39, 0.29) is 17.5 Å². The van der Waals surface area contributed by atoms with Crippen molar-refractivity contribution >= 4 is 23.4 Å². The van der Waals surface area contributed by atoms with Crippen LogP contribution in [0.3, 0.4) is 0 Å². The van der Waals surface area contributed by atoms with Crippen molar-refractivity contribution in [2.24, 2.45) is 0 Å². The molecule has 0 saturated heterocycles. The number of hydrogen-bond donors (Lipinski definition) is 3. The van der Waals surface area contributed by atoms with Crippen molar-refractivity contribution in [2.45, 2.75) is 6.36 Å². The van der Waals surface area contributed by atoms with E-state index in [1.54, 1.807) is 30.6 Å². The van der Waals surface area contributed by atoms with Crippen LogP contribution in [0.25, 0.3) is 11.3 Å². The average molecular weight is 405 g/mol. The highest BCUT2D eigenvalue weighted by molar-refractivity contribution is 5.73. The van der Waals surface area contributed by atoms with Crippen molar-refractivity contribution in [1.82, 2.24) is 15.0 Å². The molecule has 0 bridgehead atoms. The first-order valence-corrected chi connectivity index (χ1v) is 8.16. The van der Waals surface area contributed by atoms with Gasteiger partial charge in [-0.25, -0.2) is 4.98 Å². The first kappa shape index (κ1) is 19.9. The van der Waals surface area contributed by atoms with Crippen molar-refractivity contribution in [2.75, 3.05) is 17.2 Å². The van der Waals surface area contributed by atoms with Gasteiger partial charge < -0.3 is 20.5 Å². The fraction of sp³-hybridized carbons (Fsp3) is 0.111. The summed E-state index contributed by atoms with van der Waals surface area (Å²) >= 11 is 0. The SMILES string of the molecule is O=C(O)CNc1nc(Nc2cccc(OC(F)(F)F)c2)cc(-c2cccnc2)n1. The Hall–Kier alpha value is -3.89. The van der Waals surface area contributed by atoms with E-state index in [1.165, 1.54) is 18.2 Å². The van der Waals surface area contributed by atoms with E-state index in [0.29, 0.717) is 11.3 Å². The van der Waals surface area contributed by atoms with E-state index in [1.807, 2.05) is 0 Å². The minimum absolute atomic E-state index is 0.0268. The second kappa shape index (κ2) is 8.42. The minimum Gasteiger partial charge on any atom is -0.480 e. The van der Waals surface area contributed by atoms with Gasteiger partial charge >= 0.3 is 12.3 Å². The molecule has 0 aliphatic heterocycles. The van der Waals surface area contributed by atoms with Crippen LogP contribution in [0.5, 0.6) is 5.75 Å². The number of halogens is 3. The van der Waals surface area contributed by atoms with E-state index in [2.05, 4.69) is 30.3 Å². The monoisotopic (exact) mass is 405 g/mol. The van der Waals surface area contributed by atoms with Gasteiger partial charge in [-0.3, -0.25) is 9.78 Å². The number of carboxylic acids is 1. The van der Waals surface area contributed by atoms with E-state index < -0.39 is 24.6 Å². The van der Waals surface area contributed by atoms with Gasteiger partial charge in [-0.1, -0.05) is 6.07 Å². The van der Waals surface area contributed by atoms with Crippen molar-refractivity contribution in [3.63, 3.8) is 0 Å². The smallest absolute Gasteiger partial charge is 0.480 e. The molecule has 8 nitrogen and oxygen atoms in total. The predicted molar refractivity (Wildman–Crippen MR) is 97.8 cm³/mol. The van der Waals surface area contributed by atoms with Crippen molar-refractivity contribution in [3.8, 4) is 17.0 Å². The van der Waals surface area contributed by atoms with Crippen LogP contribution in [0, 0.1) is 0 Å². The second-order valence-electron chi connectivity index (χ2n) is 5.65. The Labute approximate surface area is 162 Å². The molecule has 3 rings (SSSR count). The second-order valence-corrected chi connectivity index (χ2v) is 5.65. The summed E-state index contributed by atoms with van der Waals surface area (Å²) in [5.74, 6) is -1.24. The number of ether oxygens (including phenoxy) is 1. The predicted octanol–water partition coefficient (Wildman–Crippen LogP) is 3.68. The molecular weight excluding hydrogens is 391 g/mol. The normalized spacial score (nSPS) is 11.0. The number of carbonyl (C=O) groups is 1. The number of aromatic nitrogens is 3. The number of aliphatic carboxylic acids is 1. The van der Waals surface area contributed by atoms with Crippen LogP contribution in [-0.2, 0) is 4.79 Å². The third-order valence-electron chi connectivity index (χ3n) is 3.42. The highest BCUT2D eigenvalue weighted by atomic mass is 19.4. The molecule has 0 fully saturated rings. The zero-order valence-corrected chi connectivity index (χ0v) is 14.6. The molecule has 0 unspecified atom stereocenters. The molecule has 0 amide bonds. The van der Waals surface area contributed by atoms with Crippen LogP contribution in [0.2, 0.25) is 0 Å². The van der Waals surface area contributed by atoms with E-state index in [4.69, 9.17) is 5.11 Å². The molecule has 29 heavy (non-hydrogen) atoms. The van der Waals surface area contributed by atoms with Crippen LogP contribution in [0.4, 0.5) is 30.6 Å². The molecule has 0 saturated carbocycles. The number of nitrogens with zero attached hydrogens (tertiary/aromatic N) is 3. The molecule has 1 aromatic carbocycles. The summed E-state index contributed by atoms with van der Waals surface area (Å²) in [5.41, 5.74) is 1.36. The zero-order chi connectivity index (χ0) is 20.9. The first-order valence-electron chi connectivity index (χ1n) is 8.16. The third-order valence-corrected chi connectivity index (χ3v) is 3.42. The maximum atomic E-state index is 12.4. The molecule has 150 valence electrons. The molecule has 0 atom stereocenters. The lowest BCUT2D eigenvalue weighted by atomic mass is 10.2. The molecule has 0 aliphatic rings. The number of anilines is 3. The number of pyridine rings is 1. The van der Waals surface area contributed by atoms with Gasteiger partial charge in [-0.15, -0.1) is 13.2 Å². The van der Waals surface area contributed by atoms with E-state index in [9.17, 15) is 18.0 Å². The van der Waals surface area contributed by atoms with Gasteiger partial charge in [-0.05, 0) is 24.3 Å². The molecule has 11 heteroatoms. The Kier molecular flexibility index (Phi) is 5.77. The molecule has 0 spiro atoms. The van der Waals surface area contributed by atoms with Gasteiger partial charge in [0.05, 0.1) is 5.69 Å². The van der Waals surface area contributed by atoms with Gasteiger partial charge in [0.25, 0.3) is 0 Å². The molecule has 3 aromatic rings. The highest BCUT2D eigenvalue weighted by Gasteiger charge is 2.31. The lowest BCUT2D eigenvalue weighted by molar-refractivity contribution is -0.274. The fourth-order valence-corrected chi connectivity index (χ4v) is 2.33. The Balaban J connectivity index is 1.90. The molecule has 2 heterocycles. The molecule has 2 aromatic heterocycles. The fourth-order valence-electron chi connectivity index (χ4n) is 2.33. The lowest BCUT2D eigenvalue weighted by Crippen LogP contribution is -2.17. The van der Waals surface area contributed by atoms with Crippen LogP contribution >= 0.6 is 0 Å². The molecule has 0 aliphatic carbocycles. The van der Waals surface area contributed by atoms with Gasteiger partial charge in [0.1, 0.15) is 18.1 Å². The molecule has 0 radical (unpaired) electrons. The molecule has 3 N–H and O–H groups in total. The maximum absolute atomic E-state index is 12.4. The Morgan fingerprint density at radius 1 is 1.14 bits per heavy atom. The lowest BCUT2D eigenvalue weighted by Gasteiger charge is -2.12. The number of carboxylic acid groups (broad SMARTS) is 1. The Morgan fingerprint density at radius 2 is 1.97 bits per heavy atom. The number of hydrogen-bond acceptors (Lipinski definition) is 7. The topological polar surface area (TPSA) is 109 Å². The third kappa shape index (κ3) is 6.06. The van der Waals surface area contributed by atoms with Gasteiger partial charge in [-0.2, -0.15) is 4.98 Å². The minimum atomic E-state index is -4.81. The van der Waals surface area contributed by atoms with Crippen molar-refractivity contribution < 1.29 is 27.8 Å². The van der Waals surface area contributed by atoms with Crippen LogP contribution in [0.1, 0.15) is 0 Å². The summed E-state index contributed by atoms with van der Waals surface area (Å²) in [7, 11) is 0. The standard InChI is InChI=1S/C18H14F3N5O3/c19-18(20,21)29-13-5-1-4-12(7-13)24-15-8-14(11-3-2-6-22-9-11)25-17(26-15)23-10-16(27)28/h1-9H,10H2,(H,27,28)(H2,23,24,25,26). The van der Waals surface area contributed by atoms with Crippen LogP contribution in [0.15, 0.2) is 54.9 Å².